The molecule has 0 unspecified atom stereocenters. The van der Waals surface area contributed by atoms with Crippen LogP contribution >= 0.6 is 11.6 Å². The molecule has 6 nitrogen and oxygen atoms in total. The molecule has 2 saturated heterocycles. The highest BCUT2D eigenvalue weighted by Gasteiger charge is 2.35. The van der Waals surface area contributed by atoms with Gasteiger partial charge in [-0.15, -0.1) is 0 Å². The fraction of sp³-hybridized carbons (Fsp3) is 0.556. The van der Waals surface area contributed by atoms with Gasteiger partial charge in [0.15, 0.2) is 0 Å². The quantitative estimate of drug-likeness (QED) is 0.773. The molecule has 0 spiro atoms. The van der Waals surface area contributed by atoms with Gasteiger partial charge in [0.25, 0.3) is 5.56 Å². The average molecular weight is 363 g/mol. The van der Waals surface area contributed by atoms with Crippen LogP contribution in [0.15, 0.2) is 23.0 Å². The molecule has 25 heavy (non-hydrogen) atoms. The predicted molar refractivity (Wildman–Crippen MR) is 98.0 cm³/mol. The lowest BCUT2D eigenvalue weighted by molar-refractivity contribution is 0.0377. The lowest BCUT2D eigenvalue weighted by Crippen LogP contribution is -2.44. The molecule has 2 aliphatic heterocycles. The average Bonchev–Trinajstić information content (AvgIpc) is 3.10. The third-order valence-corrected chi connectivity index (χ3v) is 5.47. The zero-order valence-corrected chi connectivity index (χ0v) is 14.8. The summed E-state index contributed by atoms with van der Waals surface area (Å²) in [6.45, 7) is 3.47. The van der Waals surface area contributed by atoms with E-state index in [-0.39, 0.29) is 11.7 Å². The molecule has 2 atom stereocenters. The number of hydrogen-bond acceptors (Lipinski definition) is 5. The fourth-order valence-corrected chi connectivity index (χ4v) is 4.11. The molecule has 2 aliphatic rings. The van der Waals surface area contributed by atoms with Crippen LogP contribution in [0.25, 0.3) is 10.9 Å². The van der Waals surface area contributed by atoms with E-state index in [0.717, 1.165) is 39.0 Å². The van der Waals surface area contributed by atoms with E-state index < -0.39 is 0 Å². The maximum absolute atomic E-state index is 12.2. The summed E-state index contributed by atoms with van der Waals surface area (Å²) in [6.07, 6.45) is 3.58. The second kappa shape index (κ2) is 7.41. The number of ether oxygens (including phenoxy) is 1. The maximum Gasteiger partial charge on any atom is 0.258 e. The number of rotatable bonds is 4. The predicted octanol–water partition coefficient (Wildman–Crippen LogP) is 1.82. The van der Waals surface area contributed by atoms with E-state index in [9.17, 15) is 4.79 Å². The largest absolute Gasteiger partial charge is 0.376 e. The molecular weight excluding hydrogens is 340 g/mol. The Morgan fingerprint density at radius 3 is 2.96 bits per heavy atom. The zero-order chi connectivity index (χ0) is 17.2. The van der Waals surface area contributed by atoms with Crippen LogP contribution < -0.4 is 16.2 Å². The van der Waals surface area contributed by atoms with Crippen molar-refractivity contribution in [2.24, 2.45) is 5.92 Å². The Labute approximate surface area is 151 Å². The lowest BCUT2D eigenvalue weighted by Gasteiger charge is -2.31. The van der Waals surface area contributed by atoms with E-state index in [2.05, 4.69) is 20.6 Å². The van der Waals surface area contributed by atoms with Gasteiger partial charge in [-0.05, 0) is 56.5 Å². The van der Waals surface area contributed by atoms with Gasteiger partial charge in [0.2, 0.25) is 0 Å². The molecule has 1 aromatic heterocycles. The van der Waals surface area contributed by atoms with Crippen LogP contribution in [0.2, 0.25) is 5.02 Å². The van der Waals surface area contributed by atoms with Crippen molar-refractivity contribution < 1.29 is 4.74 Å². The first-order chi connectivity index (χ1) is 12.2. The minimum atomic E-state index is -0.151. The van der Waals surface area contributed by atoms with Gasteiger partial charge < -0.3 is 20.4 Å². The van der Waals surface area contributed by atoms with Crippen LogP contribution in [0.4, 0.5) is 0 Å². The van der Waals surface area contributed by atoms with Gasteiger partial charge in [-0.25, -0.2) is 4.98 Å². The Balaban J connectivity index is 1.46. The molecule has 0 amide bonds. The SMILES string of the molecule is O=c1[nH]c(CN[C@@H]2CCO[C@H]2C2CCNCC2)nc2ccc(Cl)cc12. The van der Waals surface area contributed by atoms with Crippen molar-refractivity contribution in [1.82, 2.24) is 20.6 Å². The topological polar surface area (TPSA) is 79.0 Å². The number of piperidine rings is 1. The van der Waals surface area contributed by atoms with Gasteiger partial charge in [0.1, 0.15) is 5.82 Å². The number of hydrogen-bond donors (Lipinski definition) is 3. The van der Waals surface area contributed by atoms with Crippen molar-refractivity contribution in [1.29, 1.82) is 0 Å². The molecule has 7 heteroatoms. The number of nitrogens with one attached hydrogen (secondary N) is 3. The van der Waals surface area contributed by atoms with Gasteiger partial charge in [-0.3, -0.25) is 4.79 Å². The van der Waals surface area contributed by atoms with Gasteiger partial charge in [0.05, 0.1) is 23.6 Å². The summed E-state index contributed by atoms with van der Waals surface area (Å²) < 4.78 is 6.00. The molecule has 1 aromatic carbocycles. The Morgan fingerprint density at radius 1 is 1.28 bits per heavy atom. The number of H-pyrrole nitrogens is 1. The van der Waals surface area contributed by atoms with Crippen molar-refractivity contribution in [2.45, 2.75) is 38.0 Å². The minimum absolute atomic E-state index is 0.151. The first-order valence-electron chi connectivity index (χ1n) is 8.95. The summed E-state index contributed by atoms with van der Waals surface area (Å²) >= 11 is 5.96. The highest BCUT2D eigenvalue weighted by Crippen LogP contribution is 2.27. The standard InChI is InChI=1S/C18H23ClN4O2/c19-12-1-2-14-13(9-12)18(24)23-16(22-14)10-21-15-5-8-25-17(15)11-3-6-20-7-4-11/h1-2,9,11,15,17,20-21H,3-8,10H2,(H,22,23,24)/t15-,17+/m1/s1. The number of fused-ring (bicyclic) bond motifs is 1. The van der Waals surface area contributed by atoms with E-state index >= 15 is 0 Å². The zero-order valence-electron chi connectivity index (χ0n) is 14.1. The second-order valence-electron chi connectivity index (χ2n) is 6.87. The number of benzene rings is 1. The molecule has 0 radical (unpaired) electrons. The van der Waals surface area contributed by atoms with Crippen molar-refractivity contribution in [2.75, 3.05) is 19.7 Å². The molecule has 0 bridgehead atoms. The Morgan fingerprint density at radius 2 is 2.12 bits per heavy atom. The van der Waals surface area contributed by atoms with Gasteiger partial charge in [0, 0.05) is 17.7 Å². The summed E-state index contributed by atoms with van der Waals surface area (Å²) in [7, 11) is 0. The molecule has 2 fully saturated rings. The van der Waals surface area contributed by atoms with E-state index in [1.807, 2.05) is 0 Å². The van der Waals surface area contributed by atoms with Crippen LogP contribution in [0.5, 0.6) is 0 Å². The van der Waals surface area contributed by atoms with Gasteiger partial charge >= 0.3 is 0 Å². The molecule has 0 saturated carbocycles. The molecule has 2 aromatic rings. The molecule has 3 heterocycles. The third kappa shape index (κ3) is 3.72. The summed E-state index contributed by atoms with van der Waals surface area (Å²) in [5, 5.41) is 8.01. The fourth-order valence-electron chi connectivity index (χ4n) is 3.94. The van der Waals surface area contributed by atoms with Crippen LogP contribution in [0, 0.1) is 5.92 Å². The molecule has 4 rings (SSSR count). The second-order valence-corrected chi connectivity index (χ2v) is 7.31. The van der Waals surface area contributed by atoms with Crippen molar-refractivity contribution in [3.8, 4) is 0 Å². The Kier molecular flexibility index (Phi) is 5.03. The van der Waals surface area contributed by atoms with E-state index in [4.69, 9.17) is 16.3 Å². The van der Waals surface area contributed by atoms with Gasteiger partial charge in [-0.2, -0.15) is 0 Å². The number of aromatic amines is 1. The van der Waals surface area contributed by atoms with E-state index in [1.165, 1.54) is 0 Å². The van der Waals surface area contributed by atoms with Gasteiger partial charge in [-0.1, -0.05) is 11.6 Å². The first-order valence-corrected chi connectivity index (χ1v) is 9.32. The number of halogens is 1. The first kappa shape index (κ1) is 17.0. The molecular formula is C18H23ClN4O2. The van der Waals surface area contributed by atoms with Crippen LogP contribution in [0.1, 0.15) is 25.1 Å². The summed E-state index contributed by atoms with van der Waals surface area (Å²) in [4.78, 5) is 19.7. The Bertz CT molecular complexity index is 803. The van der Waals surface area contributed by atoms with Crippen LogP contribution in [-0.4, -0.2) is 41.8 Å². The van der Waals surface area contributed by atoms with Crippen LogP contribution in [-0.2, 0) is 11.3 Å². The van der Waals surface area contributed by atoms with Crippen molar-refractivity contribution >= 4 is 22.5 Å². The summed E-state index contributed by atoms with van der Waals surface area (Å²) in [5.41, 5.74) is 0.518. The summed E-state index contributed by atoms with van der Waals surface area (Å²) in [5.74, 6) is 1.25. The van der Waals surface area contributed by atoms with Crippen LogP contribution in [0.3, 0.4) is 0 Å². The molecule has 0 aliphatic carbocycles. The lowest BCUT2D eigenvalue weighted by atomic mass is 9.88. The van der Waals surface area contributed by atoms with E-state index in [0.29, 0.717) is 40.3 Å². The number of aromatic nitrogens is 2. The summed E-state index contributed by atoms with van der Waals surface area (Å²) in [6, 6.07) is 5.50. The van der Waals surface area contributed by atoms with E-state index in [1.54, 1.807) is 18.2 Å². The number of nitrogens with zero attached hydrogens (tertiary/aromatic N) is 1. The Hall–Kier alpha value is -1.47. The molecule has 3 N–H and O–H groups in total. The highest BCUT2D eigenvalue weighted by molar-refractivity contribution is 6.31. The van der Waals surface area contributed by atoms with Crippen molar-refractivity contribution in [3.05, 3.63) is 39.4 Å². The normalized spacial score (nSPS) is 24.8. The third-order valence-electron chi connectivity index (χ3n) is 5.23. The highest BCUT2D eigenvalue weighted by atomic mass is 35.5. The maximum atomic E-state index is 12.2. The smallest absolute Gasteiger partial charge is 0.258 e. The molecule has 134 valence electrons. The van der Waals surface area contributed by atoms with Crippen molar-refractivity contribution in [3.63, 3.8) is 0 Å². The minimum Gasteiger partial charge on any atom is -0.376 e. The monoisotopic (exact) mass is 362 g/mol.